The molecule has 1 aromatic carbocycles. The zero-order chi connectivity index (χ0) is 14.5. The molecular weight excluding hydrogens is 268 g/mol. The number of nitrogens with one attached hydrogen (secondary N) is 1. The smallest absolute Gasteiger partial charge is 0.250 e. The van der Waals surface area contributed by atoms with E-state index in [2.05, 4.69) is 36.3 Å². The largest absolute Gasteiger partial charge is 0.298 e. The van der Waals surface area contributed by atoms with Gasteiger partial charge < -0.3 is 0 Å². The van der Waals surface area contributed by atoms with Crippen LogP contribution in [0.2, 0.25) is 0 Å². The van der Waals surface area contributed by atoms with Crippen LogP contribution >= 0.6 is 11.3 Å². The van der Waals surface area contributed by atoms with Gasteiger partial charge >= 0.3 is 0 Å². The molecule has 104 valence electrons. The Labute approximate surface area is 123 Å². The van der Waals surface area contributed by atoms with Crippen molar-refractivity contribution in [3.8, 4) is 0 Å². The number of hydrogen-bond acceptors (Lipinski definition) is 3. The lowest BCUT2D eigenvalue weighted by molar-refractivity contribution is -0.111. The average Bonchev–Trinajstić information content (AvgIpc) is 2.82. The van der Waals surface area contributed by atoms with Crippen LogP contribution in [0.3, 0.4) is 0 Å². The van der Waals surface area contributed by atoms with Crippen LogP contribution in [0.1, 0.15) is 35.8 Å². The third kappa shape index (κ3) is 4.03. The van der Waals surface area contributed by atoms with E-state index in [1.165, 1.54) is 23.0 Å². The first-order valence-corrected chi connectivity index (χ1v) is 7.37. The molecule has 2 rings (SSSR count). The number of rotatable bonds is 4. The molecule has 0 radical (unpaired) electrons. The molecule has 0 aliphatic carbocycles. The highest BCUT2D eigenvalue weighted by molar-refractivity contribution is 7.15. The van der Waals surface area contributed by atoms with Crippen LogP contribution in [0, 0.1) is 6.92 Å². The number of aromatic nitrogens is 1. The first kappa shape index (κ1) is 14.5. The molecule has 1 N–H and O–H groups in total. The number of thiazole rings is 1. The van der Waals surface area contributed by atoms with E-state index in [9.17, 15) is 4.79 Å². The van der Waals surface area contributed by atoms with E-state index in [-0.39, 0.29) is 5.91 Å². The van der Waals surface area contributed by atoms with Gasteiger partial charge in [-0.25, -0.2) is 4.98 Å². The highest BCUT2D eigenvalue weighted by Gasteiger charge is 2.02. The summed E-state index contributed by atoms with van der Waals surface area (Å²) >= 11 is 1.47. The number of carbonyl (C=O) groups is 1. The number of hydrogen-bond donors (Lipinski definition) is 1. The molecule has 0 bridgehead atoms. The van der Waals surface area contributed by atoms with Crippen molar-refractivity contribution >= 4 is 28.5 Å². The fraction of sp³-hybridized carbons (Fsp3) is 0.250. The van der Waals surface area contributed by atoms with Crippen molar-refractivity contribution in [2.75, 3.05) is 5.32 Å². The monoisotopic (exact) mass is 286 g/mol. The lowest BCUT2D eigenvalue weighted by Crippen LogP contribution is -2.07. The maximum absolute atomic E-state index is 11.7. The first-order chi connectivity index (χ1) is 9.54. The second kappa shape index (κ2) is 6.48. The molecule has 0 atom stereocenters. The van der Waals surface area contributed by atoms with Crippen LogP contribution in [0.25, 0.3) is 6.08 Å². The van der Waals surface area contributed by atoms with Gasteiger partial charge in [0.15, 0.2) is 5.13 Å². The highest BCUT2D eigenvalue weighted by Crippen LogP contribution is 2.17. The molecule has 0 saturated carbocycles. The Balaban J connectivity index is 1.96. The first-order valence-electron chi connectivity index (χ1n) is 6.56. The van der Waals surface area contributed by atoms with Gasteiger partial charge in [0.05, 0.1) is 0 Å². The van der Waals surface area contributed by atoms with Crippen molar-refractivity contribution in [1.29, 1.82) is 0 Å². The van der Waals surface area contributed by atoms with Gasteiger partial charge in [0, 0.05) is 17.2 Å². The Morgan fingerprint density at radius 3 is 2.55 bits per heavy atom. The Morgan fingerprint density at radius 2 is 2.00 bits per heavy atom. The quantitative estimate of drug-likeness (QED) is 0.855. The normalized spacial score (nSPS) is 11.2. The summed E-state index contributed by atoms with van der Waals surface area (Å²) in [6, 6.07) is 8.22. The minimum absolute atomic E-state index is 0.160. The highest BCUT2D eigenvalue weighted by atomic mass is 32.1. The summed E-state index contributed by atoms with van der Waals surface area (Å²) in [4.78, 5) is 16.9. The number of aryl methyl sites for hydroxylation is 1. The van der Waals surface area contributed by atoms with Gasteiger partial charge in [-0.15, -0.1) is 11.3 Å². The van der Waals surface area contributed by atoms with Gasteiger partial charge in [-0.3, -0.25) is 10.1 Å². The Morgan fingerprint density at radius 1 is 1.30 bits per heavy atom. The molecule has 20 heavy (non-hydrogen) atoms. The number of amides is 1. The molecule has 0 aliphatic rings. The van der Waals surface area contributed by atoms with Gasteiger partial charge in [-0.1, -0.05) is 38.1 Å². The minimum atomic E-state index is -0.160. The maximum Gasteiger partial charge on any atom is 0.250 e. The summed E-state index contributed by atoms with van der Waals surface area (Å²) in [5, 5.41) is 3.38. The van der Waals surface area contributed by atoms with Crippen molar-refractivity contribution in [3.05, 3.63) is 52.5 Å². The summed E-state index contributed by atoms with van der Waals surface area (Å²) in [5.74, 6) is 0.358. The third-order valence-electron chi connectivity index (χ3n) is 2.88. The summed E-state index contributed by atoms with van der Waals surface area (Å²) in [5.41, 5.74) is 2.31. The molecule has 0 unspecified atom stereocenters. The van der Waals surface area contributed by atoms with Gasteiger partial charge in [0.2, 0.25) is 5.91 Å². The summed E-state index contributed by atoms with van der Waals surface area (Å²) in [6.45, 7) is 6.28. The van der Waals surface area contributed by atoms with E-state index >= 15 is 0 Å². The van der Waals surface area contributed by atoms with Crippen LogP contribution < -0.4 is 5.32 Å². The minimum Gasteiger partial charge on any atom is -0.298 e. The van der Waals surface area contributed by atoms with E-state index < -0.39 is 0 Å². The van der Waals surface area contributed by atoms with Crippen LogP contribution in [0.5, 0.6) is 0 Å². The Kier molecular flexibility index (Phi) is 4.69. The molecule has 0 saturated heterocycles. The van der Waals surface area contributed by atoms with Crippen molar-refractivity contribution < 1.29 is 4.79 Å². The van der Waals surface area contributed by atoms with E-state index in [1.807, 2.05) is 19.1 Å². The Bertz CT molecular complexity index is 612. The SMILES string of the molecule is Cc1cnc(NC(=O)/C=C/c2ccc(C(C)C)cc2)s1. The maximum atomic E-state index is 11.7. The van der Waals surface area contributed by atoms with Crippen LogP contribution in [0.15, 0.2) is 36.5 Å². The standard InChI is InChI=1S/C16H18N2OS/c1-11(2)14-7-4-13(5-8-14)6-9-15(19)18-16-17-10-12(3)20-16/h4-11H,1-3H3,(H,17,18,19)/b9-6+. The van der Waals surface area contributed by atoms with Crippen LogP contribution in [-0.2, 0) is 4.79 Å². The number of benzene rings is 1. The third-order valence-corrected chi connectivity index (χ3v) is 3.71. The molecule has 0 aliphatic heterocycles. The fourth-order valence-corrected chi connectivity index (χ4v) is 2.39. The Hall–Kier alpha value is -1.94. The molecule has 3 nitrogen and oxygen atoms in total. The van der Waals surface area contributed by atoms with Gasteiger partial charge in [0.1, 0.15) is 0 Å². The fourth-order valence-electron chi connectivity index (χ4n) is 1.72. The summed E-state index contributed by atoms with van der Waals surface area (Å²) in [6.07, 6.45) is 5.08. The molecule has 2 aromatic rings. The molecule has 0 fully saturated rings. The van der Waals surface area contributed by atoms with Crippen molar-refractivity contribution in [3.63, 3.8) is 0 Å². The predicted molar refractivity (Wildman–Crippen MR) is 85.0 cm³/mol. The number of anilines is 1. The van der Waals surface area contributed by atoms with Crippen molar-refractivity contribution in [2.24, 2.45) is 0 Å². The predicted octanol–water partition coefficient (Wildman–Crippen LogP) is 4.23. The molecule has 1 amide bonds. The van der Waals surface area contributed by atoms with Gasteiger partial charge in [0.25, 0.3) is 0 Å². The summed E-state index contributed by atoms with van der Waals surface area (Å²) < 4.78 is 0. The van der Waals surface area contributed by atoms with E-state index in [4.69, 9.17) is 0 Å². The number of carbonyl (C=O) groups excluding carboxylic acids is 1. The second-order valence-corrected chi connectivity index (χ2v) is 6.15. The van der Waals surface area contributed by atoms with Crippen molar-refractivity contribution in [1.82, 2.24) is 4.98 Å². The average molecular weight is 286 g/mol. The molecular formula is C16H18N2OS. The van der Waals surface area contributed by atoms with Gasteiger partial charge in [-0.2, -0.15) is 0 Å². The second-order valence-electron chi connectivity index (χ2n) is 4.92. The van der Waals surface area contributed by atoms with E-state index in [0.717, 1.165) is 10.4 Å². The van der Waals surface area contributed by atoms with Crippen molar-refractivity contribution in [2.45, 2.75) is 26.7 Å². The molecule has 1 heterocycles. The number of nitrogens with zero attached hydrogens (tertiary/aromatic N) is 1. The zero-order valence-electron chi connectivity index (χ0n) is 11.9. The van der Waals surface area contributed by atoms with Crippen LogP contribution in [-0.4, -0.2) is 10.9 Å². The van der Waals surface area contributed by atoms with E-state index in [0.29, 0.717) is 11.0 Å². The zero-order valence-corrected chi connectivity index (χ0v) is 12.7. The topological polar surface area (TPSA) is 42.0 Å². The van der Waals surface area contributed by atoms with Crippen LogP contribution in [0.4, 0.5) is 5.13 Å². The lowest BCUT2D eigenvalue weighted by Gasteiger charge is -2.04. The lowest BCUT2D eigenvalue weighted by atomic mass is 10.0. The van der Waals surface area contributed by atoms with E-state index in [1.54, 1.807) is 12.3 Å². The molecule has 0 spiro atoms. The van der Waals surface area contributed by atoms with Gasteiger partial charge in [-0.05, 0) is 30.0 Å². The summed E-state index contributed by atoms with van der Waals surface area (Å²) in [7, 11) is 0. The molecule has 4 heteroatoms. The molecule has 1 aromatic heterocycles.